The highest BCUT2D eigenvalue weighted by Crippen LogP contribution is 2.35. The van der Waals surface area contributed by atoms with Crippen molar-refractivity contribution in [2.24, 2.45) is 11.8 Å². The Morgan fingerprint density at radius 2 is 2.24 bits per heavy atom. The van der Waals surface area contributed by atoms with E-state index in [0.717, 1.165) is 10.5 Å². The minimum atomic E-state index is 0.466. The van der Waals surface area contributed by atoms with Gasteiger partial charge in [-0.3, -0.25) is 0 Å². The molecule has 3 atom stereocenters. The lowest BCUT2D eigenvalue weighted by Crippen LogP contribution is -2.25. The third kappa shape index (κ3) is 2.89. The normalized spacial score (nSPS) is 28.3. The van der Waals surface area contributed by atoms with Crippen molar-refractivity contribution >= 4 is 27.7 Å². The molecule has 4 nitrogen and oxygen atoms in total. The van der Waals surface area contributed by atoms with Gasteiger partial charge in [-0.1, -0.05) is 20.3 Å². The van der Waals surface area contributed by atoms with Crippen LogP contribution in [-0.2, 0) is 0 Å². The molecule has 17 heavy (non-hydrogen) atoms. The van der Waals surface area contributed by atoms with E-state index in [9.17, 15) is 0 Å². The second-order valence-corrected chi connectivity index (χ2v) is 5.61. The van der Waals surface area contributed by atoms with Crippen molar-refractivity contribution in [1.29, 1.82) is 0 Å². The van der Waals surface area contributed by atoms with E-state index in [1.165, 1.54) is 19.3 Å². The van der Waals surface area contributed by atoms with Gasteiger partial charge in [0.15, 0.2) is 0 Å². The van der Waals surface area contributed by atoms with Crippen LogP contribution in [-0.4, -0.2) is 16.0 Å². The molecule has 0 aromatic carbocycles. The summed E-state index contributed by atoms with van der Waals surface area (Å²) in [5.74, 6) is 2.61. The van der Waals surface area contributed by atoms with Crippen molar-refractivity contribution in [3.05, 3.63) is 10.7 Å². The smallest absolute Gasteiger partial charge is 0.225 e. The highest BCUT2D eigenvalue weighted by Gasteiger charge is 2.31. The Morgan fingerprint density at radius 1 is 1.47 bits per heavy atom. The van der Waals surface area contributed by atoms with E-state index in [0.29, 0.717) is 23.7 Å². The molecule has 1 aliphatic rings. The Bertz CT molecular complexity index is 376. The highest BCUT2D eigenvalue weighted by molar-refractivity contribution is 9.10. The number of rotatable bonds is 3. The number of nitrogens with one attached hydrogen (secondary N) is 1. The standard InChI is InChI=1S/C12H19BrN4/c1-3-8-4-5-9(7(8)2)15-12-16-10(13)6-11(14)17-12/h6-9H,3-5H2,1-2H3,(H3,14,15,16,17). The molecule has 3 unspecified atom stereocenters. The molecule has 0 aliphatic heterocycles. The second-order valence-electron chi connectivity index (χ2n) is 4.79. The lowest BCUT2D eigenvalue weighted by atomic mass is 9.94. The third-order valence-corrected chi connectivity index (χ3v) is 4.19. The van der Waals surface area contributed by atoms with Gasteiger partial charge in [-0.05, 0) is 40.6 Å². The van der Waals surface area contributed by atoms with Crippen molar-refractivity contribution in [3.63, 3.8) is 0 Å². The molecule has 1 aliphatic carbocycles. The number of nitrogens with zero attached hydrogens (tertiary/aromatic N) is 2. The summed E-state index contributed by atoms with van der Waals surface area (Å²) in [6, 6.07) is 2.17. The number of aromatic nitrogens is 2. The molecule has 3 N–H and O–H groups in total. The molecule has 0 radical (unpaired) electrons. The molecule has 1 fully saturated rings. The van der Waals surface area contributed by atoms with Crippen LogP contribution >= 0.6 is 15.9 Å². The van der Waals surface area contributed by atoms with Crippen LogP contribution < -0.4 is 11.1 Å². The van der Waals surface area contributed by atoms with Crippen molar-refractivity contribution in [2.75, 3.05) is 11.1 Å². The van der Waals surface area contributed by atoms with Crippen LogP contribution in [0.3, 0.4) is 0 Å². The monoisotopic (exact) mass is 298 g/mol. The van der Waals surface area contributed by atoms with Gasteiger partial charge < -0.3 is 11.1 Å². The summed E-state index contributed by atoms with van der Waals surface area (Å²) >= 11 is 3.33. The third-order valence-electron chi connectivity index (χ3n) is 3.78. The zero-order chi connectivity index (χ0) is 12.4. The van der Waals surface area contributed by atoms with Gasteiger partial charge in [0.05, 0.1) is 0 Å². The summed E-state index contributed by atoms with van der Waals surface area (Å²) in [5.41, 5.74) is 5.70. The Morgan fingerprint density at radius 3 is 2.82 bits per heavy atom. The molecular formula is C12H19BrN4. The molecule has 0 amide bonds. The Hall–Kier alpha value is -0.840. The lowest BCUT2D eigenvalue weighted by molar-refractivity contribution is 0.391. The quantitative estimate of drug-likeness (QED) is 0.842. The molecule has 94 valence electrons. The Balaban J connectivity index is 2.06. The summed E-state index contributed by atoms with van der Waals surface area (Å²) in [5, 5.41) is 3.40. The summed E-state index contributed by atoms with van der Waals surface area (Å²) < 4.78 is 0.727. The van der Waals surface area contributed by atoms with Crippen molar-refractivity contribution < 1.29 is 0 Å². The Labute approximate surface area is 111 Å². The van der Waals surface area contributed by atoms with Gasteiger partial charge in [0, 0.05) is 12.1 Å². The zero-order valence-electron chi connectivity index (χ0n) is 10.3. The fourth-order valence-corrected chi connectivity index (χ4v) is 3.10. The van der Waals surface area contributed by atoms with Crippen LogP contribution in [0.2, 0.25) is 0 Å². The fraction of sp³-hybridized carbons (Fsp3) is 0.667. The van der Waals surface area contributed by atoms with Gasteiger partial charge in [0.25, 0.3) is 0 Å². The molecular weight excluding hydrogens is 280 g/mol. The second kappa shape index (κ2) is 5.21. The first kappa shape index (κ1) is 12.6. The number of nitrogen functional groups attached to an aromatic ring is 1. The Kier molecular flexibility index (Phi) is 3.86. The molecule has 0 bridgehead atoms. The van der Waals surface area contributed by atoms with Crippen LogP contribution in [0, 0.1) is 11.8 Å². The summed E-state index contributed by atoms with van der Waals surface area (Å²) in [6.45, 7) is 4.57. The number of hydrogen-bond acceptors (Lipinski definition) is 4. The van der Waals surface area contributed by atoms with Gasteiger partial charge in [-0.25, -0.2) is 4.98 Å². The zero-order valence-corrected chi connectivity index (χ0v) is 11.9. The average Bonchev–Trinajstić information content (AvgIpc) is 2.58. The van der Waals surface area contributed by atoms with Gasteiger partial charge in [0.2, 0.25) is 5.95 Å². The summed E-state index contributed by atoms with van der Waals surface area (Å²) in [7, 11) is 0. The van der Waals surface area contributed by atoms with Crippen LogP contribution in [0.25, 0.3) is 0 Å². The van der Waals surface area contributed by atoms with E-state index in [-0.39, 0.29) is 0 Å². The summed E-state index contributed by atoms with van der Waals surface area (Å²) in [4.78, 5) is 8.51. The maximum Gasteiger partial charge on any atom is 0.225 e. The van der Waals surface area contributed by atoms with E-state index in [1.54, 1.807) is 6.07 Å². The number of anilines is 2. The predicted octanol–water partition coefficient (Wildman–Crippen LogP) is 3.06. The lowest BCUT2D eigenvalue weighted by Gasteiger charge is -2.21. The van der Waals surface area contributed by atoms with Gasteiger partial charge in [0.1, 0.15) is 10.4 Å². The minimum Gasteiger partial charge on any atom is -0.383 e. The molecule has 1 saturated carbocycles. The van der Waals surface area contributed by atoms with Crippen LogP contribution in [0.15, 0.2) is 10.7 Å². The summed E-state index contributed by atoms with van der Waals surface area (Å²) in [6.07, 6.45) is 3.73. The first-order valence-electron chi connectivity index (χ1n) is 6.16. The largest absolute Gasteiger partial charge is 0.383 e. The van der Waals surface area contributed by atoms with Crippen LogP contribution in [0.5, 0.6) is 0 Å². The molecule has 1 aromatic heterocycles. The SMILES string of the molecule is CCC1CCC(Nc2nc(N)cc(Br)n2)C1C. The first-order valence-corrected chi connectivity index (χ1v) is 6.96. The van der Waals surface area contributed by atoms with E-state index in [4.69, 9.17) is 5.73 Å². The number of nitrogens with two attached hydrogens (primary N) is 1. The molecule has 0 spiro atoms. The fourth-order valence-electron chi connectivity index (χ4n) is 2.69. The maximum atomic E-state index is 5.70. The average molecular weight is 299 g/mol. The van der Waals surface area contributed by atoms with E-state index in [2.05, 4.69) is 45.1 Å². The van der Waals surface area contributed by atoms with Crippen LogP contribution in [0.4, 0.5) is 11.8 Å². The van der Waals surface area contributed by atoms with Crippen LogP contribution in [0.1, 0.15) is 33.1 Å². The topological polar surface area (TPSA) is 63.8 Å². The van der Waals surface area contributed by atoms with Gasteiger partial charge >= 0.3 is 0 Å². The first-order chi connectivity index (χ1) is 8.10. The minimum absolute atomic E-state index is 0.466. The number of hydrogen-bond donors (Lipinski definition) is 2. The van der Waals surface area contributed by atoms with E-state index < -0.39 is 0 Å². The van der Waals surface area contributed by atoms with E-state index >= 15 is 0 Å². The predicted molar refractivity (Wildman–Crippen MR) is 73.7 cm³/mol. The molecule has 0 saturated heterocycles. The molecule has 2 rings (SSSR count). The highest BCUT2D eigenvalue weighted by atomic mass is 79.9. The van der Waals surface area contributed by atoms with Gasteiger partial charge in [-0.2, -0.15) is 4.98 Å². The van der Waals surface area contributed by atoms with Crippen molar-refractivity contribution in [3.8, 4) is 0 Å². The van der Waals surface area contributed by atoms with E-state index in [1.807, 2.05) is 0 Å². The molecule has 1 aromatic rings. The molecule has 5 heteroatoms. The van der Waals surface area contributed by atoms with Crippen molar-refractivity contribution in [2.45, 2.75) is 39.2 Å². The van der Waals surface area contributed by atoms with Gasteiger partial charge in [-0.15, -0.1) is 0 Å². The van der Waals surface area contributed by atoms with Crippen molar-refractivity contribution in [1.82, 2.24) is 9.97 Å². The molecule has 1 heterocycles. The maximum absolute atomic E-state index is 5.70. The number of halogens is 1.